The molecule has 3 rings (SSSR count). The molecule has 25 heavy (non-hydrogen) atoms. The number of amides is 2. The van der Waals surface area contributed by atoms with Crippen LogP contribution in [-0.2, 0) is 26.0 Å². The lowest BCUT2D eigenvalue weighted by atomic mass is 9.98. The average Bonchev–Trinajstić information content (AvgIpc) is 3.04. The molecule has 2 amide bonds. The number of rotatable bonds is 4. The molecule has 2 aliphatic rings. The summed E-state index contributed by atoms with van der Waals surface area (Å²) in [5.41, 5.74) is 6.99. The van der Waals surface area contributed by atoms with Crippen molar-refractivity contribution >= 4 is 27.5 Å². The second kappa shape index (κ2) is 6.76. The molecule has 0 radical (unpaired) electrons. The maximum atomic E-state index is 12.9. The first-order valence-corrected chi connectivity index (χ1v) is 10.0. The van der Waals surface area contributed by atoms with Gasteiger partial charge in [0.2, 0.25) is 21.8 Å². The minimum Gasteiger partial charge on any atom is -0.369 e. The minimum atomic E-state index is -3.60. The van der Waals surface area contributed by atoms with E-state index in [1.54, 1.807) is 23.1 Å². The van der Waals surface area contributed by atoms with E-state index in [1.165, 1.54) is 4.31 Å². The lowest BCUT2D eigenvalue weighted by Crippen LogP contribution is -2.41. The van der Waals surface area contributed by atoms with E-state index in [4.69, 9.17) is 5.73 Å². The number of carbonyl (C=O) groups is 2. The second-order valence-electron chi connectivity index (χ2n) is 6.52. The number of sulfonamides is 1. The van der Waals surface area contributed by atoms with Gasteiger partial charge in [0.05, 0.1) is 4.90 Å². The van der Waals surface area contributed by atoms with Crippen LogP contribution >= 0.6 is 0 Å². The van der Waals surface area contributed by atoms with Crippen LogP contribution in [0.3, 0.4) is 0 Å². The SMILES string of the molecule is CCC(=O)N1CCc2cc(S(=O)(=O)N3CCC(C(N)=O)CC3)ccc21. The number of fused-ring (bicyclic) bond motifs is 1. The monoisotopic (exact) mass is 365 g/mol. The average molecular weight is 365 g/mol. The predicted octanol–water partition coefficient (Wildman–Crippen LogP) is 0.872. The lowest BCUT2D eigenvalue weighted by Gasteiger charge is -2.29. The summed E-state index contributed by atoms with van der Waals surface area (Å²) in [6.45, 7) is 3.01. The fourth-order valence-electron chi connectivity index (χ4n) is 3.52. The van der Waals surface area contributed by atoms with Crippen molar-refractivity contribution in [2.24, 2.45) is 11.7 Å². The molecule has 0 atom stereocenters. The van der Waals surface area contributed by atoms with E-state index < -0.39 is 10.0 Å². The third-order valence-corrected chi connectivity index (χ3v) is 6.94. The molecule has 0 saturated carbocycles. The summed E-state index contributed by atoms with van der Waals surface area (Å²) in [7, 11) is -3.60. The minimum absolute atomic E-state index is 0.0443. The van der Waals surface area contributed by atoms with Crippen molar-refractivity contribution in [3.05, 3.63) is 23.8 Å². The van der Waals surface area contributed by atoms with Crippen LogP contribution in [0.5, 0.6) is 0 Å². The zero-order valence-electron chi connectivity index (χ0n) is 14.3. The van der Waals surface area contributed by atoms with Gasteiger partial charge in [0.1, 0.15) is 0 Å². The molecular formula is C17H23N3O4S. The van der Waals surface area contributed by atoms with Crippen molar-refractivity contribution in [1.82, 2.24) is 4.31 Å². The number of nitrogens with zero attached hydrogens (tertiary/aromatic N) is 2. The molecule has 0 aliphatic carbocycles. The van der Waals surface area contributed by atoms with Gasteiger partial charge in [-0.25, -0.2) is 8.42 Å². The Hall–Kier alpha value is -1.93. The summed E-state index contributed by atoms with van der Waals surface area (Å²) in [6, 6.07) is 4.96. The van der Waals surface area contributed by atoms with Gasteiger partial charge in [-0.3, -0.25) is 9.59 Å². The number of benzene rings is 1. The summed E-state index contributed by atoms with van der Waals surface area (Å²) in [6.07, 6.45) is 2.00. The van der Waals surface area contributed by atoms with Crippen LogP contribution in [-0.4, -0.2) is 44.2 Å². The topological polar surface area (TPSA) is 101 Å². The molecule has 0 spiro atoms. The summed E-state index contributed by atoms with van der Waals surface area (Å²) in [4.78, 5) is 25.2. The summed E-state index contributed by atoms with van der Waals surface area (Å²) in [5, 5.41) is 0. The van der Waals surface area contributed by atoms with E-state index in [2.05, 4.69) is 0 Å². The maximum absolute atomic E-state index is 12.9. The molecule has 2 N–H and O–H groups in total. The Balaban J connectivity index is 1.81. The van der Waals surface area contributed by atoms with Crippen LogP contribution in [0.4, 0.5) is 5.69 Å². The largest absolute Gasteiger partial charge is 0.369 e. The van der Waals surface area contributed by atoms with E-state index in [9.17, 15) is 18.0 Å². The predicted molar refractivity (Wildman–Crippen MR) is 93.5 cm³/mol. The highest BCUT2D eigenvalue weighted by atomic mass is 32.2. The maximum Gasteiger partial charge on any atom is 0.243 e. The number of piperidine rings is 1. The number of hydrogen-bond acceptors (Lipinski definition) is 4. The second-order valence-corrected chi connectivity index (χ2v) is 8.46. The van der Waals surface area contributed by atoms with E-state index in [0.29, 0.717) is 45.3 Å². The Bertz CT molecular complexity index is 798. The Morgan fingerprint density at radius 1 is 1.20 bits per heavy atom. The quantitative estimate of drug-likeness (QED) is 0.855. The van der Waals surface area contributed by atoms with Gasteiger partial charge in [0, 0.05) is 37.7 Å². The summed E-state index contributed by atoms with van der Waals surface area (Å²) < 4.78 is 27.1. The Kier molecular flexibility index (Phi) is 4.83. The zero-order chi connectivity index (χ0) is 18.2. The molecule has 1 aromatic carbocycles. The van der Waals surface area contributed by atoms with E-state index >= 15 is 0 Å². The summed E-state index contributed by atoms with van der Waals surface area (Å²) in [5.74, 6) is -0.571. The van der Waals surface area contributed by atoms with Gasteiger partial charge >= 0.3 is 0 Å². The van der Waals surface area contributed by atoms with Gasteiger partial charge in [-0.05, 0) is 43.0 Å². The highest BCUT2D eigenvalue weighted by Gasteiger charge is 2.32. The van der Waals surface area contributed by atoms with Crippen LogP contribution in [0.15, 0.2) is 23.1 Å². The first-order valence-electron chi connectivity index (χ1n) is 8.57. The molecule has 2 heterocycles. The normalized spacial score (nSPS) is 19.0. The van der Waals surface area contributed by atoms with Crippen molar-refractivity contribution in [2.75, 3.05) is 24.5 Å². The van der Waals surface area contributed by atoms with Crippen LogP contribution in [0.2, 0.25) is 0 Å². The van der Waals surface area contributed by atoms with Crippen molar-refractivity contribution in [2.45, 2.75) is 37.5 Å². The van der Waals surface area contributed by atoms with Crippen LogP contribution in [0.25, 0.3) is 0 Å². The first kappa shape index (κ1) is 17.9. The molecule has 136 valence electrons. The van der Waals surface area contributed by atoms with Crippen LogP contribution in [0.1, 0.15) is 31.7 Å². The van der Waals surface area contributed by atoms with Gasteiger partial charge in [-0.15, -0.1) is 0 Å². The molecule has 1 saturated heterocycles. The Morgan fingerprint density at radius 3 is 2.48 bits per heavy atom. The number of primary amides is 1. The fraction of sp³-hybridized carbons (Fsp3) is 0.529. The first-order chi connectivity index (χ1) is 11.8. The highest BCUT2D eigenvalue weighted by Crippen LogP contribution is 2.32. The smallest absolute Gasteiger partial charge is 0.243 e. The standard InChI is InChI=1S/C17H23N3O4S/c1-2-16(21)20-10-7-13-11-14(3-4-15(13)20)25(23,24)19-8-5-12(6-9-19)17(18)22/h3-4,11-12H,2,5-10H2,1H3,(H2,18,22). The fourth-order valence-corrected chi connectivity index (χ4v) is 5.04. The highest BCUT2D eigenvalue weighted by molar-refractivity contribution is 7.89. The van der Waals surface area contributed by atoms with Crippen molar-refractivity contribution in [1.29, 1.82) is 0 Å². The van der Waals surface area contributed by atoms with Crippen LogP contribution in [0, 0.1) is 5.92 Å². The third kappa shape index (κ3) is 3.28. The molecule has 2 aliphatic heterocycles. The Morgan fingerprint density at radius 2 is 1.88 bits per heavy atom. The van der Waals surface area contributed by atoms with Gasteiger partial charge in [0.25, 0.3) is 0 Å². The number of hydrogen-bond donors (Lipinski definition) is 1. The van der Waals surface area contributed by atoms with Crippen molar-refractivity contribution in [3.63, 3.8) is 0 Å². The third-order valence-electron chi connectivity index (χ3n) is 5.04. The Labute approximate surface area is 147 Å². The van der Waals surface area contributed by atoms with E-state index in [1.807, 2.05) is 6.92 Å². The molecule has 0 unspecified atom stereocenters. The summed E-state index contributed by atoms with van der Waals surface area (Å²) >= 11 is 0. The number of nitrogens with two attached hydrogens (primary N) is 1. The molecule has 0 aromatic heterocycles. The lowest BCUT2D eigenvalue weighted by molar-refractivity contribution is -0.122. The van der Waals surface area contributed by atoms with Crippen LogP contribution < -0.4 is 10.6 Å². The molecular weight excluding hydrogens is 342 g/mol. The van der Waals surface area contributed by atoms with E-state index in [-0.39, 0.29) is 22.6 Å². The van der Waals surface area contributed by atoms with Gasteiger partial charge in [-0.2, -0.15) is 4.31 Å². The molecule has 0 bridgehead atoms. The molecule has 1 aromatic rings. The van der Waals surface area contributed by atoms with Crippen molar-refractivity contribution < 1.29 is 18.0 Å². The van der Waals surface area contributed by atoms with E-state index in [0.717, 1.165) is 11.3 Å². The van der Waals surface area contributed by atoms with Gasteiger partial charge < -0.3 is 10.6 Å². The van der Waals surface area contributed by atoms with Crippen molar-refractivity contribution in [3.8, 4) is 0 Å². The number of anilines is 1. The van der Waals surface area contributed by atoms with Gasteiger partial charge in [-0.1, -0.05) is 6.92 Å². The molecule has 1 fully saturated rings. The molecule has 7 nitrogen and oxygen atoms in total. The number of carbonyl (C=O) groups excluding carboxylic acids is 2. The van der Waals surface area contributed by atoms with Gasteiger partial charge in [0.15, 0.2) is 0 Å². The molecule has 8 heteroatoms. The zero-order valence-corrected chi connectivity index (χ0v) is 15.1.